The summed E-state index contributed by atoms with van der Waals surface area (Å²) in [6.07, 6.45) is 4.67. The average Bonchev–Trinajstić information content (AvgIpc) is 3.11. The molecule has 0 spiro atoms. The Bertz CT molecular complexity index is 619. The molecule has 2 fully saturated rings. The van der Waals surface area contributed by atoms with Gasteiger partial charge in [-0.1, -0.05) is 0 Å². The Morgan fingerprint density at radius 2 is 2.17 bits per heavy atom. The molecule has 1 aromatic heterocycles. The Hall–Kier alpha value is -2.05. The van der Waals surface area contributed by atoms with Crippen LogP contribution in [-0.2, 0) is 9.53 Å². The fourth-order valence-electron chi connectivity index (χ4n) is 3.25. The molecule has 3 atom stereocenters. The molecule has 7 heteroatoms. The maximum Gasteiger partial charge on any atom is 0.410 e. The van der Waals surface area contributed by atoms with Crippen molar-refractivity contribution in [2.45, 2.75) is 45.3 Å². The molecule has 2 N–H and O–H groups in total. The Balaban J connectivity index is 1.56. The van der Waals surface area contributed by atoms with Gasteiger partial charge < -0.3 is 15.4 Å². The maximum atomic E-state index is 12.4. The summed E-state index contributed by atoms with van der Waals surface area (Å²) >= 11 is 0. The Labute approximate surface area is 135 Å². The second-order valence-corrected chi connectivity index (χ2v) is 7.48. The minimum absolute atomic E-state index is 0.00381. The van der Waals surface area contributed by atoms with Crippen LogP contribution in [0.4, 0.5) is 10.5 Å². The van der Waals surface area contributed by atoms with E-state index in [1.54, 1.807) is 6.20 Å². The Morgan fingerprint density at radius 1 is 1.43 bits per heavy atom. The van der Waals surface area contributed by atoms with Crippen LogP contribution < -0.4 is 5.73 Å². The van der Waals surface area contributed by atoms with E-state index in [0.717, 1.165) is 6.42 Å². The summed E-state index contributed by atoms with van der Waals surface area (Å²) in [6.45, 7) is 6.18. The zero-order valence-electron chi connectivity index (χ0n) is 13.9. The van der Waals surface area contributed by atoms with Crippen LogP contribution in [0.15, 0.2) is 12.4 Å². The van der Waals surface area contributed by atoms with E-state index >= 15 is 0 Å². The van der Waals surface area contributed by atoms with E-state index in [4.69, 9.17) is 10.5 Å². The second-order valence-electron chi connectivity index (χ2n) is 7.48. The molecule has 2 aliphatic rings. The fourth-order valence-corrected chi connectivity index (χ4v) is 3.25. The first-order valence-electron chi connectivity index (χ1n) is 8.05. The topological polar surface area (TPSA) is 90.4 Å². The van der Waals surface area contributed by atoms with Gasteiger partial charge in [0.05, 0.1) is 24.5 Å². The molecule has 23 heavy (non-hydrogen) atoms. The highest BCUT2D eigenvalue weighted by Gasteiger charge is 2.49. The number of hydrogen-bond donors (Lipinski definition) is 1. The third-order valence-electron chi connectivity index (χ3n) is 4.40. The van der Waals surface area contributed by atoms with Crippen LogP contribution in [0, 0.1) is 11.8 Å². The zero-order chi connectivity index (χ0) is 16.8. The van der Waals surface area contributed by atoms with Gasteiger partial charge in [0.15, 0.2) is 5.78 Å². The van der Waals surface area contributed by atoms with Crippen molar-refractivity contribution in [1.82, 2.24) is 14.7 Å². The predicted octanol–water partition coefficient (Wildman–Crippen LogP) is 1.85. The summed E-state index contributed by atoms with van der Waals surface area (Å²) in [7, 11) is 0. The summed E-state index contributed by atoms with van der Waals surface area (Å²) in [5.74, 6) is 0.432. The maximum absolute atomic E-state index is 12.4. The summed E-state index contributed by atoms with van der Waals surface area (Å²) in [5, 5.41) is 4.23. The number of ketones is 1. The smallest absolute Gasteiger partial charge is 0.410 e. The normalized spacial score (nSPS) is 27.9. The number of nitrogens with zero attached hydrogens (tertiary/aromatic N) is 3. The van der Waals surface area contributed by atoms with E-state index in [2.05, 4.69) is 5.10 Å². The van der Waals surface area contributed by atoms with E-state index in [-0.39, 0.29) is 24.3 Å². The van der Waals surface area contributed by atoms with E-state index in [1.165, 1.54) is 4.90 Å². The minimum Gasteiger partial charge on any atom is -0.444 e. The first-order valence-corrected chi connectivity index (χ1v) is 8.05. The lowest BCUT2D eigenvalue weighted by molar-refractivity contribution is -0.127. The molecule has 1 aromatic rings. The van der Waals surface area contributed by atoms with Gasteiger partial charge in [0.2, 0.25) is 0 Å². The first-order chi connectivity index (χ1) is 10.7. The molecule has 3 unspecified atom stereocenters. The van der Waals surface area contributed by atoms with Gasteiger partial charge in [-0.2, -0.15) is 5.10 Å². The van der Waals surface area contributed by atoms with Crippen molar-refractivity contribution < 1.29 is 14.3 Å². The number of rotatable bonds is 2. The van der Waals surface area contributed by atoms with Crippen molar-refractivity contribution in [3.05, 3.63) is 12.4 Å². The Morgan fingerprint density at radius 3 is 2.74 bits per heavy atom. The van der Waals surface area contributed by atoms with E-state index in [0.29, 0.717) is 24.6 Å². The molecule has 3 rings (SSSR count). The lowest BCUT2D eigenvalue weighted by Gasteiger charge is -2.32. The molecule has 1 amide bonds. The molecule has 0 radical (unpaired) electrons. The number of carbonyl (C=O) groups excluding carboxylic acids is 2. The molecule has 0 aromatic carbocycles. The zero-order valence-corrected chi connectivity index (χ0v) is 13.9. The van der Waals surface area contributed by atoms with Crippen molar-refractivity contribution in [1.29, 1.82) is 0 Å². The van der Waals surface area contributed by atoms with Crippen LogP contribution in [-0.4, -0.2) is 45.2 Å². The summed E-state index contributed by atoms with van der Waals surface area (Å²) < 4.78 is 7.19. The number of Topliss-reactive ketones (excluding diaryl/α,β-unsaturated/α-hetero) is 1. The molecular weight excluding hydrogens is 296 g/mol. The summed E-state index contributed by atoms with van der Waals surface area (Å²) in [4.78, 5) is 26.0. The van der Waals surface area contributed by atoms with Gasteiger partial charge >= 0.3 is 6.09 Å². The van der Waals surface area contributed by atoms with Crippen LogP contribution in [0.2, 0.25) is 0 Å². The first kappa shape index (κ1) is 15.8. The van der Waals surface area contributed by atoms with Gasteiger partial charge in [-0.15, -0.1) is 0 Å². The highest BCUT2D eigenvalue weighted by atomic mass is 16.6. The SMILES string of the molecule is CC(C)(C)OC(=O)N1CCC(C2CC2n2cc(N)cn2)C(=O)C1. The lowest BCUT2D eigenvalue weighted by Crippen LogP contribution is -2.46. The van der Waals surface area contributed by atoms with Crippen LogP contribution in [0.5, 0.6) is 0 Å². The molecule has 1 aliphatic heterocycles. The van der Waals surface area contributed by atoms with Gasteiger partial charge in [0.1, 0.15) is 5.60 Å². The van der Waals surface area contributed by atoms with Crippen molar-refractivity contribution in [3.8, 4) is 0 Å². The summed E-state index contributed by atoms with van der Waals surface area (Å²) in [6, 6.07) is 0.259. The molecular formula is C16H24N4O3. The standard InChI is InChI=1S/C16H24N4O3/c1-16(2,3)23-15(22)19-5-4-11(14(21)9-19)12-6-13(12)20-8-10(17)7-18-20/h7-8,11-13H,4-6,9,17H2,1-3H3. The van der Waals surface area contributed by atoms with Crippen molar-refractivity contribution in [2.75, 3.05) is 18.8 Å². The van der Waals surface area contributed by atoms with Gasteiger partial charge in [0, 0.05) is 18.7 Å². The molecule has 1 saturated carbocycles. The predicted molar refractivity (Wildman–Crippen MR) is 84.7 cm³/mol. The number of amides is 1. The number of likely N-dealkylation sites (tertiary alicyclic amines) is 1. The van der Waals surface area contributed by atoms with E-state index in [1.807, 2.05) is 31.6 Å². The number of aromatic nitrogens is 2. The van der Waals surface area contributed by atoms with E-state index in [9.17, 15) is 9.59 Å². The Kier molecular flexibility index (Phi) is 3.82. The number of nitrogen functional groups attached to an aromatic ring is 1. The third kappa shape index (κ3) is 3.48. The fraction of sp³-hybridized carbons (Fsp3) is 0.688. The molecule has 126 valence electrons. The average molecular weight is 320 g/mol. The highest BCUT2D eigenvalue weighted by molar-refractivity contribution is 5.87. The number of nitrogens with two attached hydrogens (primary N) is 1. The monoisotopic (exact) mass is 320 g/mol. The molecule has 1 saturated heterocycles. The lowest BCUT2D eigenvalue weighted by atomic mass is 9.90. The van der Waals surface area contributed by atoms with E-state index < -0.39 is 11.7 Å². The van der Waals surface area contributed by atoms with Crippen LogP contribution in [0.3, 0.4) is 0 Å². The highest BCUT2D eigenvalue weighted by Crippen LogP contribution is 2.50. The van der Waals surface area contributed by atoms with Crippen LogP contribution >= 0.6 is 0 Å². The van der Waals surface area contributed by atoms with Crippen molar-refractivity contribution in [3.63, 3.8) is 0 Å². The molecule has 7 nitrogen and oxygen atoms in total. The second kappa shape index (κ2) is 5.54. The number of anilines is 1. The number of ether oxygens (including phenoxy) is 1. The third-order valence-corrected chi connectivity index (χ3v) is 4.40. The minimum atomic E-state index is -0.543. The number of hydrogen-bond acceptors (Lipinski definition) is 5. The van der Waals surface area contributed by atoms with Gasteiger partial charge in [-0.3, -0.25) is 9.48 Å². The quantitative estimate of drug-likeness (QED) is 0.898. The van der Waals surface area contributed by atoms with Crippen LogP contribution in [0.25, 0.3) is 0 Å². The van der Waals surface area contributed by atoms with Gasteiger partial charge in [-0.25, -0.2) is 4.79 Å². The number of piperidine rings is 1. The molecule has 0 bridgehead atoms. The molecule has 2 heterocycles. The van der Waals surface area contributed by atoms with Gasteiger partial charge in [0.25, 0.3) is 0 Å². The van der Waals surface area contributed by atoms with Crippen molar-refractivity contribution in [2.24, 2.45) is 11.8 Å². The van der Waals surface area contributed by atoms with Crippen molar-refractivity contribution >= 4 is 17.6 Å². The molecule has 1 aliphatic carbocycles. The summed E-state index contributed by atoms with van der Waals surface area (Å²) in [5.41, 5.74) is 5.79. The largest absolute Gasteiger partial charge is 0.444 e. The van der Waals surface area contributed by atoms with Crippen LogP contribution in [0.1, 0.15) is 39.7 Å². The van der Waals surface area contributed by atoms with Gasteiger partial charge in [-0.05, 0) is 39.5 Å². The number of carbonyl (C=O) groups is 2.